The Balaban J connectivity index is 3.46. The molecular formula is C11H22F2N2O2. The summed E-state index contributed by atoms with van der Waals surface area (Å²) in [5, 5.41) is 2.64. The van der Waals surface area contributed by atoms with Crippen LogP contribution >= 0.6 is 0 Å². The molecule has 0 aromatic heterocycles. The standard InChI is InChI=1S/C11H22F2N2O2/c1-8(2)5-9(14)6-15-11(16)3-4-17-7-10(12)13/h8-10H,3-7,14H2,1-2H3,(H,15,16). The van der Waals surface area contributed by atoms with Gasteiger partial charge in [-0.15, -0.1) is 0 Å². The number of amides is 1. The van der Waals surface area contributed by atoms with Gasteiger partial charge < -0.3 is 15.8 Å². The summed E-state index contributed by atoms with van der Waals surface area (Å²) in [6.07, 6.45) is -1.57. The van der Waals surface area contributed by atoms with Crippen molar-refractivity contribution in [1.29, 1.82) is 0 Å². The summed E-state index contributed by atoms with van der Waals surface area (Å²) in [5.74, 6) is 0.259. The molecule has 0 aliphatic rings. The first-order valence-electron chi connectivity index (χ1n) is 5.80. The molecule has 0 spiro atoms. The van der Waals surface area contributed by atoms with Gasteiger partial charge in [0.25, 0.3) is 6.43 Å². The van der Waals surface area contributed by atoms with E-state index in [1.165, 1.54) is 0 Å². The van der Waals surface area contributed by atoms with Crippen molar-refractivity contribution in [2.75, 3.05) is 19.8 Å². The lowest BCUT2D eigenvalue weighted by Crippen LogP contribution is -2.38. The molecule has 0 aromatic rings. The highest BCUT2D eigenvalue weighted by molar-refractivity contribution is 5.75. The normalized spacial score (nSPS) is 13.1. The first-order chi connectivity index (χ1) is 7.91. The lowest BCUT2D eigenvalue weighted by molar-refractivity contribution is -0.122. The highest BCUT2D eigenvalue weighted by atomic mass is 19.3. The van der Waals surface area contributed by atoms with E-state index < -0.39 is 13.0 Å². The van der Waals surface area contributed by atoms with Crippen LogP contribution in [0.25, 0.3) is 0 Å². The molecule has 1 atom stereocenters. The van der Waals surface area contributed by atoms with E-state index in [1.807, 2.05) is 0 Å². The van der Waals surface area contributed by atoms with E-state index in [1.54, 1.807) is 0 Å². The Bertz CT molecular complexity index is 214. The molecule has 3 N–H and O–H groups in total. The zero-order valence-corrected chi connectivity index (χ0v) is 10.4. The van der Waals surface area contributed by atoms with Crippen molar-refractivity contribution in [2.24, 2.45) is 11.7 Å². The third kappa shape index (κ3) is 11.5. The molecule has 0 rings (SSSR count). The summed E-state index contributed by atoms with van der Waals surface area (Å²) in [6, 6.07) is -0.0686. The third-order valence-corrected chi connectivity index (χ3v) is 2.05. The fourth-order valence-electron chi connectivity index (χ4n) is 1.36. The summed E-state index contributed by atoms with van der Waals surface area (Å²) in [7, 11) is 0. The topological polar surface area (TPSA) is 64.3 Å². The average Bonchev–Trinajstić information content (AvgIpc) is 2.20. The number of ether oxygens (including phenoxy) is 1. The Hall–Kier alpha value is -0.750. The Morgan fingerprint density at radius 2 is 2.06 bits per heavy atom. The summed E-state index contributed by atoms with van der Waals surface area (Å²) >= 11 is 0. The second-order valence-corrected chi connectivity index (χ2v) is 4.41. The molecule has 0 aliphatic carbocycles. The largest absolute Gasteiger partial charge is 0.375 e. The third-order valence-electron chi connectivity index (χ3n) is 2.05. The van der Waals surface area contributed by atoms with Crippen LogP contribution in [-0.2, 0) is 9.53 Å². The number of carbonyl (C=O) groups excluding carboxylic acids is 1. The SMILES string of the molecule is CC(C)CC(N)CNC(=O)CCOCC(F)F. The van der Waals surface area contributed by atoms with Gasteiger partial charge in [-0.05, 0) is 12.3 Å². The first kappa shape index (κ1) is 16.2. The zero-order valence-electron chi connectivity index (χ0n) is 10.4. The molecule has 0 saturated heterocycles. The number of nitrogens with two attached hydrogens (primary N) is 1. The van der Waals surface area contributed by atoms with Crippen molar-refractivity contribution in [3.8, 4) is 0 Å². The molecular weight excluding hydrogens is 230 g/mol. The molecule has 0 aliphatic heterocycles. The van der Waals surface area contributed by atoms with Crippen LogP contribution in [0, 0.1) is 5.92 Å². The Labute approximate surface area is 101 Å². The monoisotopic (exact) mass is 252 g/mol. The van der Waals surface area contributed by atoms with E-state index >= 15 is 0 Å². The van der Waals surface area contributed by atoms with E-state index in [2.05, 4.69) is 23.9 Å². The number of alkyl halides is 2. The van der Waals surface area contributed by atoms with Crippen LogP contribution in [0.4, 0.5) is 8.78 Å². The van der Waals surface area contributed by atoms with Crippen LogP contribution in [0.5, 0.6) is 0 Å². The van der Waals surface area contributed by atoms with Crippen LogP contribution in [0.3, 0.4) is 0 Å². The summed E-state index contributed by atoms with van der Waals surface area (Å²) in [6.45, 7) is 3.90. The summed E-state index contributed by atoms with van der Waals surface area (Å²) in [4.78, 5) is 11.2. The van der Waals surface area contributed by atoms with Crippen LogP contribution in [0.2, 0.25) is 0 Å². The molecule has 0 heterocycles. The van der Waals surface area contributed by atoms with Crippen LogP contribution in [0.15, 0.2) is 0 Å². The number of hydrogen-bond donors (Lipinski definition) is 2. The van der Waals surface area contributed by atoms with Gasteiger partial charge >= 0.3 is 0 Å². The minimum atomic E-state index is -2.49. The van der Waals surface area contributed by atoms with Gasteiger partial charge in [-0.2, -0.15) is 0 Å². The Morgan fingerprint density at radius 3 is 2.59 bits per heavy atom. The van der Waals surface area contributed by atoms with Crippen molar-refractivity contribution in [3.05, 3.63) is 0 Å². The van der Waals surface area contributed by atoms with Gasteiger partial charge in [0.1, 0.15) is 6.61 Å². The van der Waals surface area contributed by atoms with Gasteiger partial charge in [0, 0.05) is 19.0 Å². The van der Waals surface area contributed by atoms with Crippen LogP contribution in [0.1, 0.15) is 26.7 Å². The molecule has 1 unspecified atom stereocenters. The second-order valence-electron chi connectivity index (χ2n) is 4.41. The lowest BCUT2D eigenvalue weighted by atomic mass is 10.0. The zero-order chi connectivity index (χ0) is 13.3. The van der Waals surface area contributed by atoms with Gasteiger partial charge in [0.15, 0.2) is 0 Å². The van der Waals surface area contributed by atoms with Gasteiger partial charge in [-0.3, -0.25) is 4.79 Å². The number of nitrogens with one attached hydrogen (secondary N) is 1. The second kappa shape index (κ2) is 9.30. The quantitative estimate of drug-likeness (QED) is 0.605. The maximum atomic E-state index is 11.7. The maximum absolute atomic E-state index is 11.7. The Morgan fingerprint density at radius 1 is 1.41 bits per heavy atom. The molecule has 0 aromatic carbocycles. The van der Waals surface area contributed by atoms with Crippen molar-refractivity contribution in [2.45, 2.75) is 39.2 Å². The minimum absolute atomic E-state index is 0.00952. The van der Waals surface area contributed by atoms with Gasteiger partial charge in [-0.25, -0.2) is 8.78 Å². The fraction of sp³-hybridized carbons (Fsp3) is 0.909. The highest BCUT2D eigenvalue weighted by Crippen LogP contribution is 2.01. The number of rotatable bonds is 9. The van der Waals surface area contributed by atoms with Crippen LogP contribution < -0.4 is 11.1 Å². The van der Waals surface area contributed by atoms with E-state index in [0.29, 0.717) is 12.5 Å². The Kier molecular flexibility index (Phi) is 8.89. The molecule has 4 nitrogen and oxygen atoms in total. The van der Waals surface area contributed by atoms with E-state index in [4.69, 9.17) is 5.73 Å². The van der Waals surface area contributed by atoms with Gasteiger partial charge in [-0.1, -0.05) is 13.8 Å². The predicted octanol–water partition coefficient (Wildman–Crippen LogP) is 1.15. The molecule has 6 heteroatoms. The summed E-state index contributed by atoms with van der Waals surface area (Å²) in [5.41, 5.74) is 5.77. The number of carbonyl (C=O) groups is 1. The van der Waals surface area contributed by atoms with Gasteiger partial charge in [0.2, 0.25) is 5.91 Å². The molecule has 0 bridgehead atoms. The molecule has 0 fully saturated rings. The molecule has 17 heavy (non-hydrogen) atoms. The molecule has 0 radical (unpaired) electrons. The van der Waals surface area contributed by atoms with Crippen molar-refractivity contribution >= 4 is 5.91 Å². The maximum Gasteiger partial charge on any atom is 0.261 e. The first-order valence-corrected chi connectivity index (χ1v) is 5.80. The average molecular weight is 252 g/mol. The minimum Gasteiger partial charge on any atom is -0.375 e. The van der Waals surface area contributed by atoms with E-state index in [-0.39, 0.29) is 25.0 Å². The lowest BCUT2D eigenvalue weighted by Gasteiger charge is -2.14. The number of hydrogen-bond acceptors (Lipinski definition) is 3. The van der Waals surface area contributed by atoms with E-state index in [9.17, 15) is 13.6 Å². The number of halogens is 2. The smallest absolute Gasteiger partial charge is 0.261 e. The summed E-state index contributed by atoms with van der Waals surface area (Å²) < 4.78 is 28.0. The highest BCUT2D eigenvalue weighted by Gasteiger charge is 2.08. The molecule has 1 amide bonds. The van der Waals surface area contributed by atoms with Crippen molar-refractivity contribution in [1.82, 2.24) is 5.32 Å². The van der Waals surface area contributed by atoms with Gasteiger partial charge in [0.05, 0.1) is 6.61 Å². The van der Waals surface area contributed by atoms with Crippen molar-refractivity contribution < 1.29 is 18.3 Å². The molecule has 0 saturated carbocycles. The van der Waals surface area contributed by atoms with E-state index in [0.717, 1.165) is 6.42 Å². The predicted molar refractivity (Wildman–Crippen MR) is 61.9 cm³/mol. The van der Waals surface area contributed by atoms with Crippen LogP contribution in [-0.4, -0.2) is 38.1 Å². The molecule has 102 valence electrons. The van der Waals surface area contributed by atoms with Crippen molar-refractivity contribution in [3.63, 3.8) is 0 Å². The fourth-order valence-corrected chi connectivity index (χ4v) is 1.36.